The predicted octanol–water partition coefficient (Wildman–Crippen LogP) is 2.29. The average molecular weight is 299 g/mol. The minimum absolute atomic E-state index is 0.390. The summed E-state index contributed by atoms with van der Waals surface area (Å²) in [5.41, 5.74) is 0.999. The van der Waals surface area contributed by atoms with Crippen LogP contribution in [-0.2, 0) is 6.54 Å². The lowest BCUT2D eigenvalue weighted by atomic mass is 10.2. The molecule has 1 heterocycles. The van der Waals surface area contributed by atoms with Crippen molar-refractivity contribution in [1.82, 2.24) is 9.80 Å². The number of halogens is 1. The molecule has 1 aliphatic heterocycles. The second-order valence-electron chi connectivity index (χ2n) is 4.91. The molecule has 4 heteroatoms. The SMILES string of the molecule is CN(C)C1CCN(Cc2cc(Br)ccc2O)C1. The normalized spacial score (nSPS) is 21.3. The molecule has 1 aromatic rings. The van der Waals surface area contributed by atoms with Gasteiger partial charge in [0.2, 0.25) is 0 Å². The van der Waals surface area contributed by atoms with E-state index in [2.05, 4.69) is 39.8 Å². The molecule has 0 radical (unpaired) electrons. The summed E-state index contributed by atoms with van der Waals surface area (Å²) < 4.78 is 1.02. The van der Waals surface area contributed by atoms with E-state index in [1.165, 1.54) is 6.42 Å². The Morgan fingerprint density at radius 2 is 2.24 bits per heavy atom. The van der Waals surface area contributed by atoms with Crippen LogP contribution in [0.4, 0.5) is 0 Å². The van der Waals surface area contributed by atoms with Gasteiger partial charge in [-0.1, -0.05) is 15.9 Å². The van der Waals surface area contributed by atoms with Gasteiger partial charge in [-0.15, -0.1) is 0 Å². The van der Waals surface area contributed by atoms with Gasteiger partial charge in [-0.2, -0.15) is 0 Å². The fourth-order valence-corrected chi connectivity index (χ4v) is 2.71. The van der Waals surface area contributed by atoms with Gasteiger partial charge in [0.15, 0.2) is 0 Å². The number of aromatic hydroxyl groups is 1. The van der Waals surface area contributed by atoms with Crippen molar-refractivity contribution in [1.29, 1.82) is 0 Å². The standard InChI is InChI=1S/C13H19BrN2O/c1-15(2)12-5-6-16(9-12)8-10-7-11(14)3-4-13(10)17/h3-4,7,12,17H,5-6,8-9H2,1-2H3. The van der Waals surface area contributed by atoms with Gasteiger partial charge in [0.25, 0.3) is 0 Å². The van der Waals surface area contributed by atoms with Crippen molar-refractivity contribution in [2.24, 2.45) is 0 Å². The Morgan fingerprint density at radius 3 is 2.88 bits per heavy atom. The molecule has 1 N–H and O–H groups in total. The van der Waals surface area contributed by atoms with Crippen molar-refractivity contribution in [3.8, 4) is 5.75 Å². The number of likely N-dealkylation sites (tertiary alicyclic amines) is 1. The van der Waals surface area contributed by atoms with Gasteiger partial charge in [0, 0.05) is 35.7 Å². The van der Waals surface area contributed by atoms with Crippen molar-refractivity contribution in [2.75, 3.05) is 27.2 Å². The zero-order valence-corrected chi connectivity index (χ0v) is 11.9. The number of nitrogens with zero attached hydrogens (tertiary/aromatic N) is 2. The Morgan fingerprint density at radius 1 is 1.47 bits per heavy atom. The molecule has 1 saturated heterocycles. The summed E-state index contributed by atoms with van der Waals surface area (Å²) >= 11 is 3.44. The van der Waals surface area contributed by atoms with Gasteiger partial charge >= 0.3 is 0 Å². The van der Waals surface area contributed by atoms with E-state index in [1.54, 1.807) is 6.07 Å². The van der Waals surface area contributed by atoms with Gasteiger partial charge in [0.05, 0.1) is 0 Å². The molecule has 0 aliphatic carbocycles. The van der Waals surface area contributed by atoms with E-state index < -0.39 is 0 Å². The fourth-order valence-electron chi connectivity index (χ4n) is 2.30. The zero-order valence-electron chi connectivity index (χ0n) is 10.4. The van der Waals surface area contributed by atoms with Crippen LogP contribution < -0.4 is 0 Å². The lowest BCUT2D eigenvalue weighted by Gasteiger charge is -2.20. The second kappa shape index (κ2) is 5.38. The van der Waals surface area contributed by atoms with Gasteiger partial charge in [-0.05, 0) is 38.7 Å². The highest BCUT2D eigenvalue weighted by atomic mass is 79.9. The Kier molecular flexibility index (Phi) is 4.07. The molecular weight excluding hydrogens is 280 g/mol. The highest BCUT2D eigenvalue weighted by Crippen LogP contribution is 2.25. The van der Waals surface area contributed by atoms with Crippen LogP contribution in [0.1, 0.15) is 12.0 Å². The Balaban J connectivity index is 2.00. The number of hydrogen-bond donors (Lipinski definition) is 1. The van der Waals surface area contributed by atoms with E-state index in [-0.39, 0.29) is 0 Å². The maximum atomic E-state index is 9.81. The van der Waals surface area contributed by atoms with Crippen LogP contribution in [0.15, 0.2) is 22.7 Å². The van der Waals surface area contributed by atoms with Crippen LogP contribution in [0.2, 0.25) is 0 Å². The zero-order chi connectivity index (χ0) is 12.4. The maximum absolute atomic E-state index is 9.81. The fraction of sp³-hybridized carbons (Fsp3) is 0.538. The number of rotatable bonds is 3. The number of hydrogen-bond acceptors (Lipinski definition) is 3. The van der Waals surface area contributed by atoms with Crippen molar-refractivity contribution in [3.05, 3.63) is 28.2 Å². The van der Waals surface area contributed by atoms with Crippen molar-refractivity contribution >= 4 is 15.9 Å². The minimum Gasteiger partial charge on any atom is -0.508 e. The van der Waals surface area contributed by atoms with Crippen molar-refractivity contribution in [2.45, 2.75) is 19.0 Å². The lowest BCUT2D eigenvalue weighted by molar-refractivity contribution is 0.263. The van der Waals surface area contributed by atoms with Crippen LogP contribution in [0, 0.1) is 0 Å². The van der Waals surface area contributed by atoms with Gasteiger partial charge < -0.3 is 10.0 Å². The molecule has 3 nitrogen and oxygen atoms in total. The third-order valence-corrected chi connectivity index (χ3v) is 3.91. The first-order valence-corrected chi connectivity index (χ1v) is 6.71. The summed E-state index contributed by atoms with van der Waals surface area (Å²) in [5.74, 6) is 0.390. The van der Waals surface area contributed by atoms with E-state index in [1.807, 2.05) is 12.1 Å². The summed E-state index contributed by atoms with van der Waals surface area (Å²) in [6.45, 7) is 3.02. The molecule has 0 aromatic heterocycles. The van der Waals surface area contributed by atoms with Crippen LogP contribution in [0.3, 0.4) is 0 Å². The smallest absolute Gasteiger partial charge is 0.120 e. The van der Waals surface area contributed by atoms with E-state index in [4.69, 9.17) is 0 Å². The molecular formula is C13H19BrN2O. The molecule has 0 amide bonds. The first-order chi connectivity index (χ1) is 8.06. The van der Waals surface area contributed by atoms with Crippen molar-refractivity contribution in [3.63, 3.8) is 0 Å². The topological polar surface area (TPSA) is 26.7 Å². The molecule has 1 aliphatic rings. The highest BCUT2D eigenvalue weighted by molar-refractivity contribution is 9.10. The third-order valence-electron chi connectivity index (χ3n) is 3.41. The third kappa shape index (κ3) is 3.21. The molecule has 0 spiro atoms. The molecule has 0 bridgehead atoms. The first kappa shape index (κ1) is 12.9. The second-order valence-corrected chi connectivity index (χ2v) is 5.83. The van der Waals surface area contributed by atoms with E-state index in [0.29, 0.717) is 11.8 Å². The Bertz CT molecular complexity index is 395. The van der Waals surface area contributed by atoms with Crippen LogP contribution in [0.25, 0.3) is 0 Å². The number of likely N-dealkylation sites (N-methyl/N-ethyl adjacent to an activating group) is 1. The average Bonchev–Trinajstić information content (AvgIpc) is 2.72. The quantitative estimate of drug-likeness (QED) is 0.927. The van der Waals surface area contributed by atoms with Gasteiger partial charge in [-0.3, -0.25) is 4.90 Å². The van der Waals surface area contributed by atoms with Gasteiger partial charge in [0.1, 0.15) is 5.75 Å². The summed E-state index contributed by atoms with van der Waals surface area (Å²) in [5, 5.41) is 9.81. The summed E-state index contributed by atoms with van der Waals surface area (Å²) in [6.07, 6.45) is 1.21. The molecule has 1 atom stereocenters. The molecule has 0 saturated carbocycles. The maximum Gasteiger partial charge on any atom is 0.120 e. The summed E-state index contributed by atoms with van der Waals surface area (Å²) in [6, 6.07) is 6.26. The molecule has 1 unspecified atom stereocenters. The van der Waals surface area contributed by atoms with E-state index in [0.717, 1.165) is 29.7 Å². The van der Waals surface area contributed by atoms with E-state index in [9.17, 15) is 5.11 Å². The van der Waals surface area contributed by atoms with Crippen LogP contribution in [0.5, 0.6) is 5.75 Å². The summed E-state index contributed by atoms with van der Waals surface area (Å²) in [7, 11) is 4.26. The summed E-state index contributed by atoms with van der Waals surface area (Å²) in [4.78, 5) is 4.67. The monoisotopic (exact) mass is 298 g/mol. The van der Waals surface area contributed by atoms with Crippen molar-refractivity contribution < 1.29 is 5.11 Å². The molecule has 1 aromatic carbocycles. The Hall–Kier alpha value is -0.580. The molecule has 1 fully saturated rings. The van der Waals surface area contributed by atoms with E-state index >= 15 is 0 Å². The minimum atomic E-state index is 0.390. The molecule has 17 heavy (non-hydrogen) atoms. The lowest BCUT2D eigenvalue weighted by Crippen LogP contribution is -2.31. The largest absolute Gasteiger partial charge is 0.508 e. The van der Waals surface area contributed by atoms with Gasteiger partial charge in [-0.25, -0.2) is 0 Å². The number of benzene rings is 1. The number of phenolic OH excluding ortho intramolecular Hbond substituents is 1. The molecule has 2 rings (SSSR count). The highest BCUT2D eigenvalue weighted by Gasteiger charge is 2.24. The first-order valence-electron chi connectivity index (χ1n) is 5.92. The number of phenols is 1. The molecule has 94 valence electrons. The Labute approximate surface area is 111 Å². The van der Waals surface area contributed by atoms with Crippen LogP contribution >= 0.6 is 15.9 Å². The predicted molar refractivity (Wildman–Crippen MR) is 73.2 cm³/mol. The van der Waals surface area contributed by atoms with Crippen LogP contribution in [-0.4, -0.2) is 48.1 Å².